The summed E-state index contributed by atoms with van der Waals surface area (Å²) >= 11 is 0. The first-order valence-corrected chi connectivity index (χ1v) is 15.4. The fourth-order valence-corrected chi connectivity index (χ4v) is 5.73. The number of methoxy groups -OCH3 is 2. The molecule has 17 nitrogen and oxygen atoms in total. The number of esters is 1. The molecule has 0 saturated carbocycles. The van der Waals surface area contributed by atoms with E-state index in [0.717, 1.165) is 24.1 Å². The van der Waals surface area contributed by atoms with Crippen LogP contribution in [-0.4, -0.2) is 102 Å². The van der Waals surface area contributed by atoms with Crippen LogP contribution in [0.3, 0.4) is 0 Å². The molecular formula is C32H36N4O13. The van der Waals surface area contributed by atoms with Crippen molar-refractivity contribution >= 4 is 40.7 Å². The van der Waals surface area contributed by atoms with Gasteiger partial charge in [0.2, 0.25) is 0 Å². The average Bonchev–Trinajstić information content (AvgIpc) is 3.63. The summed E-state index contributed by atoms with van der Waals surface area (Å²) < 4.78 is 21.5. The third-order valence-corrected chi connectivity index (χ3v) is 8.27. The lowest BCUT2D eigenvalue weighted by Gasteiger charge is -2.22. The Labute approximate surface area is 280 Å². The van der Waals surface area contributed by atoms with Gasteiger partial charge in [-0.05, 0) is 44.7 Å². The highest BCUT2D eigenvalue weighted by Gasteiger charge is 2.42. The van der Waals surface area contributed by atoms with Crippen LogP contribution in [0.1, 0.15) is 65.3 Å². The number of carbonyl (C=O) groups excluding carboxylic acids is 5. The highest BCUT2D eigenvalue weighted by atomic mass is 16.6. The summed E-state index contributed by atoms with van der Waals surface area (Å²) in [5.74, 6) is -2.41. The number of amides is 2. The Morgan fingerprint density at radius 1 is 0.776 bits per heavy atom. The van der Waals surface area contributed by atoms with Crippen LogP contribution in [-0.2, 0) is 19.1 Å². The molecule has 49 heavy (non-hydrogen) atoms. The number of Topliss-reactive ketones (excluding diaryl/α,β-unsaturated/α-hetero) is 2. The van der Waals surface area contributed by atoms with Gasteiger partial charge in [0.15, 0.2) is 23.1 Å². The summed E-state index contributed by atoms with van der Waals surface area (Å²) in [5, 5.41) is 23.7. The van der Waals surface area contributed by atoms with Gasteiger partial charge >= 0.3 is 5.97 Å². The molecule has 0 N–H and O–H groups in total. The van der Waals surface area contributed by atoms with E-state index in [1.807, 2.05) is 0 Å². The maximum atomic E-state index is 13.2. The minimum absolute atomic E-state index is 0.0707. The van der Waals surface area contributed by atoms with Gasteiger partial charge in [-0.1, -0.05) is 0 Å². The van der Waals surface area contributed by atoms with Crippen molar-refractivity contribution in [2.24, 2.45) is 0 Å². The number of nitro benzene ring substituents is 2. The quantitative estimate of drug-likeness (QED) is 0.121. The first kappa shape index (κ1) is 36.2. The van der Waals surface area contributed by atoms with Gasteiger partial charge in [-0.2, -0.15) is 0 Å². The Balaban J connectivity index is 1.34. The molecule has 17 heteroatoms. The van der Waals surface area contributed by atoms with Crippen molar-refractivity contribution in [1.29, 1.82) is 0 Å². The monoisotopic (exact) mass is 684 g/mol. The zero-order valence-corrected chi connectivity index (χ0v) is 27.4. The number of rotatable bonds is 14. The Morgan fingerprint density at radius 2 is 1.31 bits per heavy atom. The van der Waals surface area contributed by atoms with Gasteiger partial charge in [-0.15, -0.1) is 0 Å². The van der Waals surface area contributed by atoms with Crippen molar-refractivity contribution in [3.63, 3.8) is 0 Å². The van der Waals surface area contributed by atoms with E-state index >= 15 is 0 Å². The molecule has 0 bridgehead atoms. The molecule has 2 aliphatic rings. The predicted octanol–water partition coefficient (Wildman–Crippen LogP) is 3.21. The van der Waals surface area contributed by atoms with E-state index in [9.17, 15) is 44.2 Å². The summed E-state index contributed by atoms with van der Waals surface area (Å²) in [6.45, 7) is 3.12. The molecule has 2 atom stereocenters. The third kappa shape index (κ3) is 8.10. The second-order valence-corrected chi connectivity index (χ2v) is 11.7. The highest BCUT2D eigenvalue weighted by molar-refractivity contribution is 6.05. The Kier molecular flexibility index (Phi) is 11.5. The number of nitrogens with zero attached hydrogens (tertiary/aromatic N) is 4. The van der Waals surface area contributed by atoms with Crippen LogP contribution < -0.4 is 14.2 Å². The molecule has 2 fully saturated rings. The summed E-state index contributed by atoms with van der Waals surface area (Å²) in [4.78, 5) is 86.8. The van der Waals surface area contributed by atoms with Crippen LogP contribution in [0, 0.1) is 27.2 Å². The summed E-state index contributed by atoms with van der Waals surface area (Å²) in [6, 6.07) is 3.23. The molecule has 2 heterocycles. The maximum Gasteiger partial charge on any atom is 0.329 e. The van der Waals surface area contributed by atoms with Crippen LogP contribution >= 0.6 is 0 Å². The van der Waals surface area contributed by atoms with Crippen molar-refractivity contribution in [3.05, 3.63) is 61.2 Å². The molecule has 0 aliphatic carbocycles. The van der Waals surface area contributed by atoms with Crippen LogP contribution in [0.4, 0.5) is 11.4 Å². The molecule has 2 unspecified atom stereocenters. The Hall–Kier alpha value is -5.61. The number of nitro groups is 2. The molecule has 2 aliphatic heterocycles. The molecule has 0 radical (unpaired) electrons. The van der Waals surface area contributed by atoms with Gasteiger partial charge in [0.1, 0.15) is 22.9 Å². The lowest BCUT2D eigenvalue weighted by molar-refractivity contribution is -0.385. The third-order valence-electron chi connectivity index (χ3n) is 8.27. The van der Waals surface area contributed by atoms with Crippen LogP contribution in [0.2, 0.25) is 0 Å². The molecule has 2 aromatic rings. The number of hydrogen-bond acceptors (Lipinski definition) is 13. The van der Waals surface area contributed by atoms with E-state index in [4.69, 9.17) is 14.2 Å². The van der Waals surface area contributed by atoms with E-state index < -0.39 is 45.0 Å². The molecule has 2 aromatic carbocycles. The number of aryl methyl sites for hydroxylation is 1. The van der Waals surface area contributed by atoms with Crippen LogP contribution in [0.15, 0.2) is 24.3 Å². The molecular weight excluding hydrogens is 648 g/mol. The number of hydrogen-bond donors (Lipinski definition) is 0. The van der Waals surface area contributed by atoms with Gasteiger partial charge in [0, 0.05) is 24.9 Å². The Bertz CT molecular complexity index is 1690. The zero-order valence-electron chi connectivity index (χ0n) is 27.4. The molecule has 2 saturated heterocycles. The van der Waals surface area contributed by atoms with Crippen molar-refractivity contribution in [1.82, 2.24) is 9.80 Å². The first-order valence-electron chi connectivity index (χ1n) is 15.4. The highest BCUT2D eigenvalue weighted by Crippen LogP contribution is 2.36. The molecule has 4 rings (SSSR count). The standard InChI is InChI=1S/C32H36N4O13/c1-18-10-22(31(40)34-17-21(38)12-26(34)32(41)47-4)24(35(42)43)14-27(18)48-8-6-5-7-9-49-29-15-25(36(44)45)23(13-28(29)46-3)30(39)33-16-20(37)11-19(33)2/h10,13-15,19,26H,5-9,11-12,16-17H2,1-4H3. The maximum absolute atomic E-state index is 13.2. The number of unbranched alkanes of at least 4 members (excludes halogenated alkanes) is 2. The van der Waals surface area contributed by atoms with Gasteiger partial charge in [-0.25, -0.2) is 4.79 Å². The van der Waals surface area contributed by atoms with Crippen molar-refractivity contribution in [2.45, 2.75) is 58.0 Å². The van der Waals surface area contributed by atoms with Gasteiger partial charge in [0.25, 0.3) is 23.2 Å². The minimum Gasteiger partial charge on any atom is -0.493 e. The van der Waals surface area contributed by atoms with Crippen LogP contribution in [0.25, 0.3) is 0 Å². The van der Waals surface area contributed by atoms with Gasteiger partial charge < -0.3 is 28.7 Å². The van der Waals surface area contributed by atoms with Gasteiger partial charge in [-0.3, -0.25) is 39.4 Å². The second kappa shape index (κ2) is 15.5. The first-order chi connectivity index (χ1) is 23.3. The number of benzene rings is 2. The van der Waals surface area contributed by atoms with E-state index in [0.29, 0.717) is 24.8 Å². The predicted molar refractivity (Wildman–Crippen MR) is 169 cm³/mol. The molecule has 0 aromatic heterocycles. The summed E-state index contributed by atoms with van der Waals surface area (Å²) in [6.07, 6.45) is 1.53. The molecule has 0 spiro atoms. The van der Waals surface area contributed by atoms with E-state index in [-0.39, 0.29) is 85.1 Å². The topological polar surface area (TPSA) is 215 Å². The lowest BCUT2D eigenvalue weighted by atomic mass is 10.1. The fourth-order valence-electron chi connectivity index (χ4n) is 5.73. The van der Waals surface area contributed by atoms with Crippen molar-refractivity contribution in [3.8, 4) is 17.2 Å². The number of carbonyl (C=O) groups is 5. The van der Waals surface area contributed by atoms with E-state index in [1.54, 1.807) is 13.8 Å². The van der Waals surface area contributed by atoms with Crippen LogP contribution in [0.5, 0.6) is 17.2 Å². The van der Waals surface area contributed by atoms with E-state index in [1.165, 1.54) is 24.1 Å². The SMILES string of the molecule is COC(=O)C1CC(=O)CN1C(=O)c1cc(C)c(OCCCCCOc2cc([N+](=O)[O-])c(C(=O)N3CC(=O)CC3C)cc2OC)cc1[N+](=O)[O-]. The van der Waals surface area contributed by atoms with Gasteiger partial charge in [0.05, 0.1) is 62.5 Å². The fraction of sp³-hybridized carbons (Fsp3) is 0.469. The summed E-state index contributed by atoms with van der Waals surface area (Å²) in [7, 11) is 2.46. The smallest absolute Gasteiger partial charge is 0.329 e. The van der Waals surface area contributed by atoms with Crippen molar-refractivity contribution < 1.29 is 52.8 Å². The average molecular weight is 685 g/mol. The number of likely N-dealkylation sites (tertiary alicyclic amines) is 2. The number of ether oxygens (including phenoxy) is 4. The minimum atomic E-state index is -1.17. The second-order valence-electron chi connectivity index (χ2n) is 11.7. The van der Waals surface area contributed by atoms with Crippen molar-refractivity contribution in [2.75, 3.05) is 40.5 Å². The molecule has 2 amide bonds. The van der Waals surface area contributed by atoms with E-state index in [2.05, 4.69) is 4.74 Å². The Morgan fingerprint density at radius 3 is 1.86 bits per heavy atom. The largest absolute Gasteiger partial charge is 0.493 e. The lowest BCUT2D eigenvalue weighted by Crippen LogP contribution is -2.41. The zero-order chi connectivity index (χ0) is 36.0. The normalized spacial score (nSPS) is 17.2. The molecule has 262 valence electrons. The summed E-state index contributed by atoms with van der Waals surface area (Å²) in [5.41, 5.74) is -1.09. The number of ketones is 2.